The van der Waals surface area contributed by atoms with Crippen LogP contribution in [-0.2, 0) is 0 Å². The smallest absolute Gasteiger partial charge is 0.140 e. The molecule has 3 nitrogen and oxygen atoms in total. The predicted molar refractivity (Wildman–Crippen MR) is 116 cm³/mol. The van der Waals surface area contributed by atoms with Crippen molar-refractivity contribution in [1.82, 2.24) is 10.0 Å². The Labute approximate surface area is 167 Å². The van der Waals surface area contributed by atoms with Crippen LogP contribution in [0.4, 0.5) is 0 Å². The van der Waals surface area contributed by atoms with Gasteiger partial charge in [-0.25, -0.2) is 0 Å². The van der Waals surface area contributed by atoms with E-state index in [0.29, 0.717) is 5.75 Å². The van der Waals surface area contributed by atoms with Gasteiger partial charge in [-0.3, -0.25) is 4.72 Å². The molecule has 4 heteroatoms. The molecule has 0 aromatic heterocycles. The lowest BCUT2D eigenvalue weighted by atomic mass is 10.0. The zero-order chi connectivity index (χ0) is 19.5. The van der Waals surface area contributed by atoms with Crippen molar-refractivity contribution in [3.63, 3.8) is 0 Å². The van der Waals surface area contributed by atoms with Gasteiger partial charge < -0.3 is 10.1 Å². The van der Waals surface area contributed by atoms with Crippen LogP contribution in [0.25, 0.3) is 5.57 Å². The maximum Gasteiger partial charge on any atom is 0.140 e. The molecule has 0 spiro atoms. The van der Waals surface area contributed by atoms with Gasteiger partial charge in [-0.15, -0.1) is 0 Å². The quantitative estimate of drug-likeness (QED) is 0.259. The van der Waals surface area contributed by atoms with Crippen molar-refractivity contribution in [3.8, 4) is 18.3 Å². The molecule has 0 amide bonds. The highest BCUT2D eigenvalue weighted by molar-refractivity contribution is 7.97. The van der Waals surface area contributed by atoms with Crippen LogP contribution in [0, 0.1) is 19.5 Å². The van der Waals surface area contributed by atoms with Gasteiger partial charge in [-0.1, -0.05) is 37.3 Å². The molecule has 0 aliphatic rings. The van der Waals surface area contributed by atoms with Gasteiger partial charge in [0.25, 0.3) is 0 Å². The summed E-state index contributed by atoms with van der Waals surface area (Å²) in [7, 11) is 0. The van der Waals surface area contributed by atoms with Gasteiger partial charge in [0.1, 0.15) is 11.9 Å². The zero-order valence-corrected chi connectivity index (χ0v) is 16.7. The minimum atomic E-state index is 0.681. The molecular weight excluding hydrogens is 352 g/mol. The first-order valence-corrected chi connectivity index (χ1v) is 9.71. The largest absolute Gasteiger partial charge is 0.408 e. The van der Waals surface area contributed by atoms with Crippen molar-refractivity contribution in [3.05, 3.63) is 78.0 Å². The summed E-state index contributed by atoms with van der Waals surface area (Å²) in [5.41, 5.74) is 4.59. The van der Waals surface area contributed by atoms with E-state index in [0.717, 1.165) is 35.7 Å². The first kappa shape index (κ1) is 20.7. The second-order valence-electron chi connectivity index (χ2n) is 6.14. The van der Waals surface area contributed by atoms with Crippen LogP contribution in [0.2, 0.25) is 0 Å². The van der Waals surface area contributed by atoms with Crippen LogP contribution >= 0.6 is 11.9 Å². The van der Waals surface area contributed by atoms with E-state index in [9.17, 15) is 0 Å². The third kappa shape index (κ3) is 7.26. The Balaban J connectivity index is 1.65. The molecule has 0 aliphatic carbocycles. The van der Waals surface area contributed by atoms with Gasteiger partial charge in [-0.05, 0) is 79.3 Å². The number of terminal acetylenes is 1. The number of hydrogen-bond donors (Lipinski definition) is 2. The third-order valence-corrected chi connectivity index (χ3v) is 4.79. The topological polar surface area (TPSA) is 33.3 Å². The van der Waals surface area contributed by atoms with Crippen molar-refractivity contribution in [2.24, 2.45) is 0 Å². The first-order chi connectivity index (χ1) is 13.1. The number of hydrogen-bond acceptors (Lipinski definition) is 4. The number of rotatable bonds is 10. The molecule has 0 aliphatic heterocycles. The van der Waals surface area contributed by atoms with Gasteiger partial charge in [0.2, 0.25) is 0 Å². The molecule has 140 valence electrons. The number of benzene rings is 2. The zero-order valence-electron chi connectivity index (χ0n) is 15.9. The lowest BCUT2D eigenvalue weighted by molar-refractivity contribution is 0.520. The summed E-state index contributed by atoms with van der Waals surface area (Å²) in [6.45, 7) is 10.2. The average molecular weight is 379 g/mol. The normalized spacial score (nSPS) is 10.9. The molecular formula is C23H26N2OS. The highest BCUT2D eigenvalue weighted by Gasteiger charge is 2.00. The van der Waals surface area contributed by atoms with Crippen LogP contribution < -0.4 is 14.8 Å². The van der Waals surface area contributed by atoms with Gasteiger partial charge in [0.05, 0.1) is 0 Å². The summed E-state index contributed by atoms with van der Waals surface area (Å²) in [6.07, 6.45) is 10.4. The fraction of sp³-hybridized carbons (Fsp3) is 0.217. The van der Waals surface area contributed by atoms with Crippen molar-refractivity contribution >= 4 is 17.5 Å². The van der Waals surface area contributed by atoms with E-state index in [-0.39, 0.29) is 0 Å². The van der Waals surface area contributed by atoms with Gasteiger partial charge in [0.15, 0.2) is 0 Å². The molecule has 0 fully saturated rings. The molecule has 0 bridgehead atoms. The summed E-state index contributed by atoms with van der Waals surface area (Å²) in [5.74, 6) is 0.681. The second kappa shape index (κ2) is 11.2. The molecule has 0 saturated carbocycles. The van der Waals surface area contributed by atoms with E-state index in [1.165, 1.54) is 11.1 Å². The number of ether oxygens (including phenoxy) is 1. The third-order valence-electron chi connectivity index (χ3n) is 3.93. The summed E-state index contributed by atoms with van der Waals surface area (Å²) < 4.78 is 8.34. The van der Waals surface area contributed by atoms with Crippen LogP contribution in [0.3, 0.4) is 0 Å². The standard InChI is InChI=1S/C23H26N2OS/c1-5-26-21-11-13-22(14-12-21)27-25-16-8-15-24-20(4)17-19(3)23-10-7-6-9-18(23)2/h1,6-7,9-14,17,24-25H,3,8,15-16H2,2,4H3/b20-17+. The van der Waals surface area contributed by atoms with Crippen LogP contribution in [0.1, 0.15) is 24.5 Å². The summed E-state index contributed by atoms with van der Waals surface area (Å²) in [6, 6.07) is 16.0. The van der Waals surface area contributed by atoms with Crippen molar-refractivity contribution < 1.29 is 4.74 Å². The van der Waals surface area contributed by atoms with E-state index in [4.69, 9.17) is 11.2 Å². The van der Waals surface area contributed by atoms with E-state index in [1.54, 1.807) is 11.9 Å². The van der Waals surface area contributed by atoms with Gasteiger partial charge >= 0.3 is 0 Å². The maximum absolute atomic E-state index is 5.10. The number of aryl methyl sites for hydroxylation is 1. The highest BCUT2D eigenvalue weighted by Crippen LogP contribution is 2.19. The number of nitrogens with one attached hydrogen (secondary N) is 2. The highest BCUT2D eigenvalue weighted by atomic mass is 32.2. The average Bonchev–Trinajstić information content (AvgIpc) is 2.66. The van der Waals surface area contributed by atoms with Crippen LogP contribution in [0.15, 0.2) is 71.8 Å². The second-order valence-corrected chi connectivity index (χ2v) is 7.10. The lowest BCUT2D eigenvalue weighted by Gasteiger charge is -2.10. The monoisotopic (exact) mass is 378 g/mol. The van der Waals surface area contributed by atoms with E-state index < -0.39 is 0 Å². The van der Waals surface area contributed by atoms with Crippen LogP contribution in [-0.4, -0.2) is 13.1 Å². The lowest BCUT2D eigenvalue weighted by Crippen LogP contribution is -2.17. The SMILES string of the molecule is C#COc1ccc(SNCCCN/C(C)=C/C(=C)c2ccccc2C)cc1. The number of allylic oxidation sites excluding steroid dienone is 3. The fourth-order valence-electron chi connectivity index (χ4n) is 2.55. The maximum atomic E-state index is 5.10. The molecule has 0 atom stereocenters. The Kier molecular flexibility index (Phi) is 8.57. The van der Waals surface area contributed by atoms with E-state index in [2.05, 4.69) is 54.8 Å². The van der Waals surface area contributed by atoms with Crippen molar-refractivity contribution in [1.29, 1.82) is 0 Å². The molecule has 27 heavy (non-hydrogen) atoms. The molecule has 0 saturated heterocycles. The summed E-state index contributed by atoms with van der Waals surface area (Å²) in [5, 5.41) is 3.44. The molecule has 2 aromatic rings. The minimum Gasteiger partial charge on any atom is -0.408 e. The molecule has 2 rings (SSSR count). The Morgan fingerprint density at radius 2 is 1.93 bits per heavy atom. The molecule has 0 heterocycles. The van der Waals surface area contributed by atoms with Crippen LogP contribution in [0.5, 0.6) is 5.75 Å². The Hall–Kier alpha value is -2.61. The summed E-state index contributed by atoms with van der Waals surface area (Å²) in [4.78, 5) is 1.12. The predicted octanol–water partition coefficient (Wildman–Crippen LogP) is 5.16. The Morgan fingerprint density at radius 3 is 2.63 bits per heavy atom. The van der Waals surface area contributed by atoms with Gasteiger partial charge in [0, 0.05) is 23.7 Å². The van der Waals surface area contributed by atoms with Gasteiger partial charge in [-0.2, -0.15) is 0 Å². The van der Waals surface area contributed by atoms with Crippen molar-refractivity contribution in [2.45, 2.75) is 25.2 Å². The molecule has 0 unspecified atom stereocenters. The first-order valence-electron chi connectivity index (χ1n) is 8.89. The Bertz CT molecular complexity index is 819. The summed E-state index contributed by atoms with van der Waals surface area (Å²) >= 11 is 1.60. The van der Waals surface area contributed by atoms with Crippen molar-refractivity contribution in [2.75, 3.05) is 13.1 Å². The molecule has 2 aromatic carbocycles. The molecule has 0 radical (unpaired) electrons. The molecule has 2 N–H and O–H groups in total. The van der Waals surface area contributed by atoms with E-state index in [1.807, 2.05) is 36.4 Å². The Morgan fingerprint density at radius 1 is 1.19 bits per heavy atom. The fourth-order valence-corrected chi connectivity index (χ4v) is 3.23. The minimum absolute atomic E-state index is 0.681. The van der Waals surface area contributed by atoms with E-state index >= 15 is 0 Å².